The van der Waals surface area contributed by atoms with Gasteiger partial charge in [-0.1, -0.05) is 378 Å². The van der Waals surface area contributed by atoms with Gasteiger partial charge >= 0.3 is 0 Å². The minimum absolute atomic E-state index is 0. The molecule has 0 saturated heterocycles. The van der Waals surface area contributed by atoms with Crippen molar-refractivity contribution in [3.63, 3.8) is 0 Å². The van der Waals surface area contributed by atoms with E-state index in [0.717, 1.165) is 42.5 Å². The number of aryl methyl sites for hydroxylation is 27. The Hall–Kier alpha value is -11.3. The van der Waals surface area contributed by atoms with E-state index in [2.05, 4.69) is 505 Å². The molecule has 0 amide bonds. The van der Waals surface area contributed by atoms with Crippen molar-refractivity contribution in [2.45, 2.75) is 317 Å². The maximum atomic E-state index is 12.6. The van der Waals surface area contributed by atoms with Crippen LogP contribution in [-0.4, -0.2) is 7.11 Å². The Kier molecular flexibility index (Phi) is 71.8. The van der Waals surface area contributed by atoms with Crippen LogP contribution in [0.5, 0.6) is 5.75 Å². The highest BCUT2D eigenvalue weighted by molar-refractivity contribution is 9.10. The van der Waals surface area contributed by atoms with E-state index in [1.165, 1.54) is 206 Å². The summed E-state index contributed by atoms with van der Waals surface area (Å²) in [4.78, 5) is 0. The Balaban J connectivity index is -0.00000154. The van der Waals surface area contributed by atoms with Gasteiger partial charge in [-0.05, 0) is 515 Å². The third kappa shape index (κ3) is 56.2. The highest BCUT2D eigenvalue weighted by Gasteiger charge is 2.15. The molecule has 16 aromatic carbocycles. The number of hydrogen-bond donors (Lipinski definition) is 0. The first kappa shape index (κ1) is 143. The molecule has 0 atom stereocenters. The van der Waals surface area contributed by atoms with Gasteiger partial charge in [-0.15, -0.1) is 0 Å². The zero-order valence-corrected chi connectivity index (χ0v) is 102. The predicted octanol–water partition coefficient (Wildman–Crippen LogP) is 45.5. The van der Waals surface area contributed by atoms with Crippen molar-refractivity contribution in [1.29, 1.82) is 0 Å². The zero-order valence-electron chi connectivity index (χ0n) is 97.7. The van der Waals surface area contributed by atoms with Crippen LogP contribution in [0, 0.1) is 261 Å². The molecule has 0 aliphatic rings. The Morgan fingerprint density at radius 1 is 0.220 bits per heavy atom. The molecule has 1 nitrogen and oxygen atoms in total. The Bertz CT molecular complexity index is 5750. The second-order valence-corrected chi connectivity index (χ2v) is 42.6. The summed E-state index contributed by atoms with van der Waals surface area (Å²) in [6, 6.07) is 104. The molecule has 150 heavy (non-hydrogen) atoms. The largest absolute Gasteiger partial charge is 0.497 e. The van der Waals surface area contributed by atoms with Gasteiger partial charge in [-0.3, -0.25) is 0 Å². The van der Waals surface area contributed by atoms with Crippen molar-refractivity contribution in [2.24, 2.45) is 0 Å². The Morgan fingerprint density at radius 2 is 0.467 bits per heavy atom. The van der Waals surface area contributed by atoms with Crippen LogP contribution in [0.4, 0.5) is 8.78 Å². The monoisotopic (exact) mass is 2190 g/mol. The van der Waals surface area contributed by atoms with E-state index in [9.17, 15) is 8.78 Å². The SMILES string of the molecule is C.C.C.COc1ccc(C)c(C)c1.Cc1cc(C)c(C)c(C)c1.Cc1ccc(Br)cc1C.Cc1ccc(C)c(C)c1.Cc1cccc(Br)c1C.Cc1cccc(C(C)C)c1C.Cc1cccc(C)c1C.Cc1cccc(C)c1C.Cc1cccc(Cl)c1C.Cc1cccc(Cl)c1C.Cc1cccc(F)c1C.Cc1cccc(F)c1C.Cc1ccccc1C.Cc1ccccc1C.Cc1ccccc1C.Cc1ccccc1C(C)(C)C. The lowest BCUT2D eigenvalue weighted by Gasteiger charge is -2.21. The molecule has 0 radical (unpaired) electrons. The molecular weight excluding hydrogens is 2000 g/mol. The van der Waals surface area contributed by atoms with E-state index in [-0.39, 0.29) is 39.3 Å². The summed E-state index contributed by atoms with van der Waals surface area (Å²) < 4.78 is 32.6. The van der Waals surface area contributed by atoms with Crippen molar-refractivity contribution in [2.75, 3.05) is 7.11 Å². The molecule has 810 valence electrons. The molecule has 16 rings (SSSR count). The third-order valence-electron chi connectivity index (χ3n) is 26.9. The van der Waals surface area contributed by atoms with Crippen LogP contribution >= 0.6 is 55.1 Å². The van der Waals surface area contributed by atoms with Gasteiger partial charge in [0, 0.05) is 19.0 Å². The van der Waals surface area contributed by atoms with Crippen molar-refractivity contribution in [3.05, 3.63) is 551 Å². The molecule has 0 unspecified atom stereocenters. The molecule has 0 bridgehead atoms. The molecule has 0 N–H and O–H groups in total. The van der Waals surface area contributed by atoms with Crippen molar-refractivity contribution in [3.8, 4) is 5.75 Å². The lowest BCUT2D eigenvalue weighted by Crippen LogP contribution is -2.12. The summed E-state index contributed by atoms with van der Waals surface area (Å²) in [6.45, 7) is 86.5. The van der Waals surface area contributed by atoms with E-state index >= 15 is 0 Å². The second kappa shape index (κ2) is 75.4. The standard InChI is InChI=1S/2C11H16.C10H14.C9H12O.3C9H12.2C8H9Br.2C8H9Cl.2C8H9F.3C8H10.3CH4/c1-9-7-5-6-8-10(9)11(2,3)4;1-8(2)11-7-5-6-9(3)10(11)4;1-7-5-8(2)10(4)9(3)6-7;1-7-4-5-9(10-3)6-8(7)2;1-7-4-5-8(2)9(3)6-7;2*1-7-5-4-6-8(2)9(7)3;1-6-3-4-8(9)5-7(6)2;5*1-6-4-3-5-8(9)7(6)2;3*1-7-5-3-4-6-8(7)2;;;/h2*5-8H,1-4H3;5-6H,1-4H3;4-6H,1-3H3;3*4-6H,1-3H3;6*3-5H,1-2H3;3*3-6H,1-2H3;3*1H4. The molecule has 16 aromatic rings. The molecule has 0 heterocycles. The summed E-state index contributed by atoms with van der Waals surface area (Å²) in [5, 5.41) is 1.71. The second-order valence-electron chi connectivity index (χ2n) is 40.0. The number of rotatable bonds is 2. The van der Waals surface area contributed by atoms with Gasteiger partial charge in [0.25, 0.3) is 0 Å². The zero-order chi connectivity index (χ0) is 112. The lowest BCUT2D eigenvalue weighted by atomic mass is 9.84. The quantitative estimate of drug-likeness (QED) is 0.168. The minimum Gasteiger partial charge on any atom is -0.497 e. The molecule has 7 heteroatoms. The Morgan fingerprint density at radius 3 is 0.707 bits per heavy atom. The third-order valence-corrected chi connectivity index (χ3v) is 29.0. The van der Waals surface area contributed by atoms with Crippen molar-refractivity contribution >= 4 is 55.1 Å². The van der Waals surface area contributed by atoms with Crippen LogP contribution in [0.15, 0.2) is 318 Å². The molecule has 0 aliphatic heterocycles. The lowest BCUT2D eigenvalue weighted by molar-refractivity contribution is 0.414. The van der Waals surface area contributed by atoms with E-state index in [4.69, 9.17) is 27.9 Å². The van der Waals surface area contributed by atoms with Crippen LogP contribution in [0.2, 0.25) is 10.0 Å². The highest BCUT2D eigenvalue weighted by atomic mass is 79.9. The number of benzene rings is 16. The van der Waals surface area contributed by atoms with Crippen LogP contribution in [-0.2, 0) is 5.41 Å². The maximum absolute atomic E-state index is 12.6. The van der Waals surface area contributed by atoms with Crippen LogP contribution in [0.1, 0.15) is 274 Å². The molecule has 0 aliphatic carbocycles. The first-order valence-electron chi connectivity index (χ1n) is 51.1. The smallest absolute Gasteiger partial charge is 0.126 e. The van der Waals surface area contributed by atoms with E-state index < -0.39 is 0 Å². The maximum Gasteiger partial charge on any atom is 0.126 e. The summed E-state index contributed by atoms with van der Waals surface area (Å²) in [5.41, 5.74) is 50.0. The molecule has 0 aromatic heterocycles. The summed E-state index contributed by atoms with van der Waals surface area (Å²) in [7, 11) is 1.68. The number of hydrogen-bond acceptors (Lipinski definition) is 1. The van der Waals surface area contributed by atoms with Crippen LogP contribution in [0.25, 0.3) is 0 Å². The fourth-order valence-corrected chi connectivity index (χ4v) is 15.2. The summed E-state index contributed by atoms with van der Waals surface area (Å²) >= 11 is 18.5. The number of halogens is 6. The van der Waals surface area contributed by atoms with E-state index in [1.54, 1.807) is 33.1 Å². The fourth-order valence-electron chi connectivity index (χ4n) is 13.9. The van der Waals surface area contributed by atoms with Gasteiger partial charge < -0.3 is 4.74 Å². The highest BCUT2D eigenvalue weighted by Crippen LogP contribution is 2.28. The fraction of sp³-hybridized carbons (Fsp3) is 0.329. The average molecular weight is 2190 g/mol. The van der Waals surface area contributed by atoms with Crippen molar-refractivity contribution in [1.82, 2.24) is 0 Å². The van der Waals surface area contributed by atoms with Gasteiger partial charge in [-0.25, -0.2) is 8.78 Å². The van der Waals surface area contributed by atoms with Crippen LogP contribution < -0.4 is 4.74 Å². The predicted molar refractivity (Wildman–Crippen MR) is 678 cm³/mol. The van der Waals surface area contributed by atoms with Crippen LogP contribution in [0.3, 0.4) is 0 Å². The number of methoxy groups -OCH3 is 1. The first-order valence-corrected chi connectivity index (χ1v) is 53.4. The average Bonchev–Trinajstić information content (AvgIpc) is 0.847. The summed E-state index contributed by atoms with van der Waals surface area (Å²) in [6.07, 6.45) is 0. The van der Waals surface area contributed by atoms with Gasteiger partial charge in [-0.2, -0.15) is 0 Å². The van der Waals surface area contributed by atoms with Crippen molar-refractivity contribution < 1.29 is 13.5 Å². The van der Waals surface area contributed by atoms with Gasteiger partial charge in [0.15, 0.2) is 0 Å². The van der Waals surface area contributed by atoms with Gasteiger partial charge in [0.2, 0.25) is 0 Å². The van der Waals surface area contributed by atoms with Gasteiger partial charge in [0.05, 0.1) is 7.11 Å². The molecule has 0 saturated carbocycles. The Labute approximate surface area is 942 Å². The van der Waals surface area contributed by atoms with E-state index in [0.29, 0.717) is 5.92 Å². The van der Waals surface area contributed by atoms with E-state index in [1.807, 2.05) is 82.3 Å². The summed E-state index contributed by atoms with van der Waals surface area (Å²) in [5.74, 6) is 1.35. The molecule has 0 spiro atoms. The first-order chi connectivity index (χ1) is 68.8. The number of ether oxygens (including phenoxy) is 1. The van der Waals surface area contributed by atoms with Gasteiger partial charge in [0.1, 0.15) is 17.4 Å². The normalized spacial score (nSPS) is 9.63. The molecular formula is C143H190Br2Cl2F2O. The topological polar surface area (TPSA) is 9.23 Å². The minimum atomic E-state index is -0.116. The molecule has 0 fully saturated rings.